The lowest BCUT2D eigenvalue weighted by atomic mass is 9.98. The number of piperidine rings is 1. The van der Waals surface area contributed by atoms with Crippen molar-refractivity contribution < 1.29 is 8.78 Å². The summed E-state index contributed by atoms with van der Waals surface area (Å²) in [5.74, 6) is -1.82. The first kappa shape index (κ1) is 14.8. The minimum Gasteiger partial charge on any atom is -0.317 e. The molecule has 0 saturated carbocycles. The highest BCUT2D eigenvalue weighted by Crippen LogP contribution is 2.24. The summed E-state index contributed by atoms with van der Waals surface area (Å²) in [6.07, 6.45) is 2.69. The molecule has 1 aliphatic rings. The molecule has 1 heterocycles. The molecule has 17 heavy (non-hydrogen) atoms. The molecule has 0 amide bonds. The quantitative estimate of drug-likeness (QED) is 0.697. The van der Waals surface area contributed by atoms with Gasteiger partial charge in [-0.15, -0.1) is 0 Å². The molecule has 4 heteroatoms. The van der Waals surface area contributed by atoms with Crippen LogP contribution in [0.4, 0.5) is 8.78 Å². The lowest BCUT2D eigenvalue weighted by Gasteiger charge is -2.32. The van der Waals surface area contributed by atoms with E-state index in [9.17, 15) is 8.78 Å². The molecule has 2 nitrogen and oxygen atoms in total. The van der Waals surface area contributed by atoms with Crippen molar-refractivity contribution in [3.63, 3.8) is 0 Å². The zero-order valence-corrected chi connectivity index (χ0v) is 11.1. The van der Waals surface area contributed by atoms with E-state index in [1.807, 2.05) is 11.8 Å². The fourth-order valence-electron chi connectivity index (χ4n) is 2.28. The third kappa shape index (κ3) is 6.32. The molecule has 0 atom stereocenters. The maximum absolute atomic E-state index is 13.7. The first-order chi connectivity index (χ1) is 8.03. The molecule has 1 saturated heterocycles. The maximum Gasteiger partial charge on any atom is 0.260 e. The number of likely N-dealkylation sites (tertiary alicyclic amines) is 1. The number of nitrogens with zero attached hydrogens (tertiary/aromatic N) is 1. The van der Waals surface area contributed by atoms with Crippen LogP contribution in [0.2, 0.25) is 0 Å². The van der Waals surface area contributed by atoms with Gasteiger partial charge >= 0.3 is 0 Å². The van der Waals surface area contributed by atoms with Crippen LogP contribution in [0.5, 0.6) is 0 Å². The Hall–Kier alpha value is -0.220. The molecular formula is C13H26F2N2. The fraction of sp³-hybridized carbons (Fsp3) is 1.00. The van der Waals surface area contributed by atoms with Gasteiger partial charge in [-0.1, -0.05) is 13.8 Å². The lowest BCUT2D eigenvalue weighted by molar-refractivity contribution is -0.0462. The summed E-state index contributed by atoms with van der Waals surface area (Å²) < 4.78 is 27.3. The molecule has 0 aliphatic carbocycles. The van der Waals surface area contributed by atoms with Gasteiger partial charge in [0.15, 0.2) is 0 Å². The summed E-state index contributed by atoms with van der Waals surface area (Å²) in [5, 5.41) is 3.08. The van der Waals surface area contributed by atoms with E-state index in [2.05, 4.69) is 12.2 Å². The summed E-state index contributed by atoms with van der Waals surface area (Å²) in [5.41, 5.74) is 0. The van der Waals surface area contributed by atoms with Crippen molar-refractivity contribution in [2.45, 2.75) is 45.5 Å². The zero-order valence-electron chi connectivity index (χ0n) is 11.1. The van der Waals surface area contributed by atoms with Crippen LogP contribution in [0.3, 0.4) is 0 Å². The Bertz CT molecular complexity index is 202. The van der Waals surface area contributed by atoms with E-state index in [0.717, 1.165) is 32.5 Å². The van der Waals surface area contributed by atoms with E-state index in [1.54, 1.807) is 0 Å². The van der Waals surface area contributed by atoms with Gasteiger partial charge in [-0.25, -0.2) is 8.78 Å². The molecule has 1 aliphatic heterocycles. The summed E-state index contributed by atoms with van der Waals surface area (Å²) >= 11 is 0. The molecule has 1 rings (SSSR count). The van der Waals surface area contributed by atoms with Crippen LogP contribution in [0, 0.1) is 5.92 Å². The Morgan fingerprint density at radius 1 is 1.29 bits per heavy atom. The maximum atomic E-state index is 13.7. The Labute approximate surface area is 104 Å². The van der Waals surface area contributed by atoms with Crippen LogP contribution in [0.1, 0.15) is 39.5 Å². The van der Waals surface area contributed by atoms with Gasteiger partial charge in [-0.3, -0.25) is 4.90 Å². The van der Waals surface area contributed by atoms with E-state index in [1.165, 1.54) is 0 Å². The summed E-state index contributed by atoms with van der Waals surface area (Å²) in [6, 6.07) is 0. The van der Waals surface area contributed by atoms with Crippen LogP contribution in [0.15, 0.2) is 0 Å². The van der Waals surface area contributed by atoms with Crippen molar-refractivity contribution in [1.29, 1.82) is 0 Å². The number of nitrogens with one attached hydrogen (secondary N) is 1. The van der Waals surface area contributed by atoms with Crippen LogP contribution in [0.25, 0.3) is 0 Å². The van der Waals surface area contributed by atoms with Gasteiger partial charge in [-0.05, 0) is 51.4 Å². The van der Waals surface area contributed by atoms with E-state index in [4.69, 9.17) is 0 Å². The average Bonchev–Trinajstić information content (AvgIpc) is 2.27. The molecule has 0 spiro atoms. The number of rotatable bonds is 7. The topological polar surface area (TPSA) is 15.3 Å². The standard InChI is InChI=1S/C13H26F2N2/c1-3-16-8-4-7-13(14,15)11-17-9-5-12(2)6-10-17/h12,16H,3-11H2,1-2H3. The summed E-state index contributed by atoms with van der Waals surface area (Å²) in [6.45, 7) is 7.37. The van der Waals surface area contributed by atoms with Crippen molar-refractivity contribution in [2.24, 2.45) is 5.92 Å². The average molecular weight is 248 g/mol. The first-order valence-electron chi connectivity index (χ1n) is 6.84. The second kappa shape index (κ2) is 7.27. The second-order valence-corrected chi connectivity index (χ2v) is 5.27. The predicted octanol–water partition coefficient (Wildman–Crippen LogP) is 2.74. The van der Waals surface area contributed by atoms with Crippen molar-refractivity contribution >= 4 is 0 Å². The largest absolute Gasteiger partial charge is 0.317 e. The van der Waals surface area contributed by atoms with Crippen molar-refractivity contribution in [2.75, 3.05) is 32.7 Å². The number of hydrogen-bond donors (Lipinski definition) is 1. The molecule has 1 N–H and O–H groups in total. The van der Waals surface area contributed by atoms with E-state index in [0.29, 0.717) is 18.9 Å². The summed E-state index contributed by atoms with van der Waals surface area (Å²) in [7, 11) is 0. The monoisotopic (exact) mass is 248 g/mol. The van der Waals surface area contributed by atoms with Crippen molar-refractivity contribution in [3.05, 3.63) is 0 Å². The van der Waals surface area contributed by atoms with Gasteiger partial charge in [0.25, 0.3) is 5.92 Å². The molecule has 0 aromatic heterocycles. The molecule has 0 unspecified atom stereocenters. The highest BCUT2D eigenvalue weighted by molar-refractivity contribution is 4.77. The first-order valence-corrected chi connectivity index (χ1v) is 6.84. The normalized spacial score (nSPS) is 19.8. The predicted molar refractivity (Wildman–Crippen MR) is 67.6 cm³/mol. The second-order valence-electron chi connectivity index (χ2n) is 5.27. The SMILES string of the molecule is CCNCCCC(F)(F)CN1CCC(C)CC1. The molecule has 0 radical (unpaired) electrons. The Morgan fingerprint density at radius 2 is 1.94 bits per heavy atom. The van der Waals surface area contributed by atoms with Crippen LogP contribution in [-0.4, -0.2) is 43.5 Å². The van der Waals surface area contributed by atoms with Gasteiger partial charge in [0.1, 0.15) is 0 Å². The molecule has 0 bridgehead atoms. The molecule has 0 aromatic rings. The van der Waals surface area contributed by atoms with Gasteiger partial charge in [-0.2, -0.15) is 0 Å². The molecule has 0 aromatic carbocycles. The number of alkyl halides is 2. The van der Waals surface area contributed by atoms with E-state index >= 15 is 0 Å². The van der Waals surface area contributed by atoms with E-state index < -0.39 is 5.92 Å². The van der Waals surface area contributed by atoms with Crippen molar-refractivity contribution in [3.8, 4) is 0 Å². The highest BCUT2D eigenvalue weighted by Gasteiger charge is 2.32. The molecule has 1 fully saturated rings. The third-order valence-corrected chi connectivity index (χ3v) is 3.48. The van der Waals surface area contributed by atoms with Crippen LogP contribution >= 0.6 is 0 Å². The smallest absolute Gasteiger partial charge is 0.260 e. The van der Waals surface area contributed by atoms with Crippen molar-refractivity contribution in [1.82, 2.24) is 10.2 Å². The Morgan fingerprint density at radius 3 is 2.53 bits per heavy atom. The van der Waals surface area contributed by atoms with Gasteiger partial charge in [0.05, 0.1) is 6.54 Å². The van der Waals surface area contributed by atoms with Gasteiger partial charge in [0, 0.05) is 6.42 Å². The van der Waals surface area contributed by atoms with Gasteiger partial charge in [0.2, 0.25) is 0 Å². The van der Waals surface area contributed by atoms with Gasteiger partial charge < -0.3 is 5.32 Å². The Kier molecular flexibility index (Phi) is 6.34. The fourth-order valence-corrected chi connectivity index (χ4v) is 2.28. The summed E-state index contributed by atoms with van der Waals surface area (Å²) in [4.78, 5) is 1.92. The lowest BCUT2D eigenvalue weighted by Crippen LogP contribution is -2.41. The van der Waals surface area contributed by atoms with Crippen LogP contribution in [-0.2, 0) is 0 Å². The van der Waals surface area contributed by atoms with Crippen LogP contribution < -0.4 is 5.32 Å². The number of halogens is 2. The number of hydrogen-bond acceptors (Lipinski definition) is 2. The zero-order chi connectivity index (χ0) is 12.7. The minimum atomic E-state index is -2.52. The Balaban J connectivity index is 2.18. The molecule has 102 valence electrons. The molecular weight excluding hydrogens is 222 g/mol. The third-order valence-electron chi connectivity index (χ3n) is 3.48. The minimum absolute atomic E-state index is 0.00601. The van der Waals surface area contributed by atoms with E-state index in [-0.39, 0.29) is 13.0 Å². The highest BCUT2D eigenvalue weighted by atomic mass is 19.3.